The maximum atomic E-state index is 2.20. The average Bonchev–Trinajstić information content (AvgIpc) is 2.77. The molecule has 0 nitrogen and oxygen atoms in total. The van der Waals surface area contributed by atoms with Gasteiger partial charge in [0.05, 0.1) is 0 Å². The Morgan fingerprint density at radius 3 is 0.607 bits per heavy atom. The first-order valence-electron chi connectivity index (χ1n) is 10.0. The molecule has 0 saturated carbocycles. The van der Waals surface area contributed by atoms with Crippen molar-refractivity contribution in [2.45, 2.75) is 27.7 Å². The van der Waals surface area contributed by atoms with Gasteiger partial charge in [-0.2, -0.15) is 0 Å². The molecule has 0 heterocycles. The van der Waals surface area contributed by atoms with Gasteiger partial charge in [0.25, 0.3) is 0 Å². The lowest BCUT2D eigenvalue weighted by Gasteiger charge is -2.07. The summed E-state index contributed by atoms with van der Waals surface area (Å²) in [5, 5.41) is 0. The molecule has 0 fully saturated rings. The number of hydrogen-bond acceptors (Lipinski definition) is 0. The van der Waals surface area contributed by atoms with Gasteiger partial charge in [0.15, 0.2) is 0 Å². The molecule has 0 saturated heterocycles. The van der Waals surface area contributed by atoms with Gasteiger partial charge in [-0.3, -0.25) is 0 Å². The molecule has 0 aromatic heterocycles. The van der Waals surface area contributed by atoms with Crippen LogP contribution in [0.4, 0.5) is 0 Å². The third-order valence-corrected chi connectivity index (χ3v) is 4.87. The molecule has 0 unspecified atom stereocenters. The molecular weight excluding hydrogens is 336 g/mol. The molecule has 4 aromatic carbocycles. The van der Waals surface area contributed by atoms with Crippen LogP contribution in [-0.2, 0) is 0 Å². The fourth-order valence-corrected chi connectivity index (χ4v) is 3.20. The quantitative estimate of drug-likeness (QED) is 0.343. The van der Waals surface area contributed by atoms with Gasteiger partial charge in [-0.1, -0.05) is 122 Å². The highest BCUT2D eigenvalue weighted by Gasteiger charge is 2.02. The van der Waals surface area contributed by atoms with E-state index in [1.165, 1.54) is 44.5 Å². The Kier molecular flexibility index (Phi) is 6.45. The molecule has 0 bridgehead atoms. The minimum atomic E-state index is 1.25. The van der Waals surface area contributed by atoms with Crippen LogP contribution < -0.4 is 0 Å². The Balaban J connectivity index is 0.00000109. The largest absolute Gasteiger partial charge is 0.0683 e. The molecule has 28 heavy (non-hydrogen) atoms. The summed E-state index contributed by atoms with van der Waals surface area (Å²) in [6.45, 7) is 8.24. The lowest BCUT2D eigenvalue weighted by molar-refractivity contribution is 1.47. The molecule has 0 aliphatic carbocycles. The monoisotopic (exact) mass is 364 g/mol. The third-order valence-electron chi connectivity index (χ3n) is 4.87. The number of hydrogen-bond donors (Lipinski definition) is 0. The van der Waals surface area contributed by atoms with Crippen LogP contribution in [0.25, 0.3) is 33.4 Å². The van der Waals surface area contributed by atoms with E-state index in [9.17, 15) is 0 Å². The standard InChI is InChI=1S/C26H22.C2H6/c1-19-3-7-21(8-4-19)23-11-15-25(16-12-23)26-17-13-24(14-18-26)22-9-5-20(2)6-10-22;1-2/h3-18H,1-2H3;1-2H3. The van der Waals surface area contributed by atoms with Crippen molar-refractivity contribution in [3.05, 3.63) is 108 Å². The summed E-state index contributed by atoms with van der Waals surface area (Å²) in [5.41, 5.74) is 10.1. The van der Waals surface area contributed by atoms with E-state index in [0.717, 1.165) is 0 Å². The maximum absolute atomic E-state index is 2.20. The van der Waals surface area contributed by atoms with Crippen LogP contribution in [0.2, 0.25) is 0 Å². The van der Waals surface area contributed by atoms with Crippen LogP contribution >= 0.6 is 0 Å². The predicted molar refractivity (Wildman–Crippen MR) is 124 cm³/mol. The zero-order valence-electron chi connectivity index (χ0n) is 17.2. The van der Waals surface area contributed by atoms with Gasteiger partial charge >= 0.3 is 0 Å². The lowest BCUT2D eigenvalue weighted by Crippen LogP contribution is -1.82. The summed E-state index contributed by atoms with van der Waals surface area (Å²) in [6, 6.07) is 35.0. The summed E-state index contributed by atoms with van der Waals surface area (Å²) in [7, 11) is 0. The highest BCUT2D eigenvalue weighted by atomic mass is 14.1. The zero-order valence-corrected chi connectivity index (χ0v) is 17.2. The normalized spacial score (nSPS) is 10.1. The molecule has 0 spiro atoms. The Morgan fingerprint density at radius 2 is 0.429 bits per heavy atom. The highest BCUT2D eigenvalue weighted by Crippen LogP contribution is 2.27. The number of aryl methyl sites for hydroxylation is 2. The van der Waals surface area contributed by atoms with Crippen molar-refractivity contribution in [3.8, 4) is 33.4 Å². The van der Waals surface area contributed by atoms with Crippen LogP contribution in [0.1, 0.15) is 25.0 Å². The molecular formula is C28H28. The Hall–Kier alpha value is -3.12. The van der Waals surface area contributed by atoms with E-state index in [4.69, 9.17) is 0 Å². The van der Waals surface area contributed by atoms with Crippen LogP contribution in [-0.4, -0.2) is 0 Å². The van der Waals surface area contributed by atoms with E-state index in [1.807, 2.05) is 13.8 Å². The van der Waals surface area contributed by atoms with Gasteiger partial charge in [0.1, 0.15) is 0 Å². The number of benzene rings is 4. The van der Waals surface area contributed by atoms with Crippen LogP contribution in [0.3, 0.4) is 0 Å². The Labute approximate surface area is 169 Å². The molecule has 0 aliphatic rings. The second-order valence-corrected chi connectivity index (χ2v) is 6.89. The topological polar surface area (TPSA) is 0 Å². The fraction of sp³-hybridized carbons (Fsp3) is 0.143. The lowest BCUT2D eigenvalue weighted by atomic mass is 9.97. The molecule has 4 aromatic rings. The van der Waals surface area contributed by atoms with Gasteiger partial charge in [-0.25, -0.2) is 0 Å². The average molecular weight is 365 g/mol. The Bertz CT molecular complexity index is 901. The van der Waals surface area contributed by atoms with Gasteiger partial charge < -0.3 is 0 Å². The van der Waals surface area contributed by atoms with E-state index in [-0.39, 0.29) is 0 Å². The van der Waals surface area contributed by atoms with Crippen molar-refractivity contribution in [1.82, 2.24) is 0 Å². The van der Waals surface area contributed by atoms with Gasteiger partial charge in [-0.15, -0.1) is 0 Å². The Morgan fingerprint density at radius 1 is 0.286 bits per heavy atom. The van der Waals surface area contributed by atoms with Crippen molar-refractivity contribution in [3.63, 3.8) is 0 Å². The first-order chi connectivity index (χ1) is 13.7. The zero-order chi connectivity index (χ0) is 19.9. The second kappa shape index (κ2) is 9.19. The summed E-state index contributed by atoms with van der Waals surface area (Å²) < 4.78 is 0. The first kappa shape index (κ1) is 19.6. The van der Waals surface area contributed by atoms with Crippen molar-refractivity contribution in [1.29, 1.82) is 0 Å². The van der Waals surface area contributed by atoms with Crippen LogP contribution in [0.15, 0.2) is 97.1 Å². The molecule has 0 N–H and O–H groups in total. The van der Waals surface area contributed by atoms with Crippen molar-refractivity contribution in [2.24, 2.45) is 0 Å². The van der Waals surface area contributed by atoms with Crippen molar-refractivity contribution in [2.75, 3.05) is 0 Å². The minimum absolute atomic E-state index is 1.25. The summed E-state index contributed by atoms with van der Waals surface area (Å²) in [4.78, 5) is 0. The van der Waals surface area contributed by atoms with E-state index in [2.05, 4.69) is 111 Å². The minimum Gasteiger partial charge on any atom is -0.0683 e. The molecule has 0 atom stereocenters. The summed E-state index contributed by atoms with van der Waals surface area (Å²) in [6.07, 6.45) is 0. The molecule has 0 amide bonds. The van der Waals surface area contributed by atoms with E-state index in [0.29, 0.717) is 0 Å². The third kappa shape index (κ3) is 4.58. The molecule has 4 rings (SSSR count). The molecule has 140 valence electrons. The van der Waals surface area contributed by atoms with Crippen LogP contribution in [0, 0.1) is 13.8 Å². The van der Waals surface area contributed by atoms with Gasteiger partial charge in [-0.05, 0) is 47.2 Å². The highest BCUT2D eigenvalue weighted by molar-refractivity contribution is 5.73. The molecule has 0 heteroatoms. The van der Waals surface area contributed by atoms with Gasteiger partial charge in [0, 0.05) is 0 Å². The van der Waals surface area contributed by atoms with E-state index >= 15 is 0 Å². The summed E-state index contributed by atoms with van der Waals surface area (Å²) in [5.74, 6) is 0. The number of rotatable bonds is 3. The molecule has 0 aliphatic heterocycles. The van der Waals surface area contributed by atoms with E-state index < -0.39 is 0 Å². The second-order valence-electron chi connectivity index (χ2n) is 6.89. The van der Waals surface area contributed by atoms with Gasteiger partial charge in [0.2, 0.25) is 0 Å². The van der Waals surface area contributed by atoms with Crippen LogP contribution in [0.5, 0.6) is 0 Å². The van der Waals surface area contributed by atoms with Crippen molar-refractivity contribution < 1.29 is 0 Å². The molecule has 0 radical (unpaired) electrons. The fourth-order valence-electron chi connectivity index (χ4n) is 3.20. The smallest absolute Gasteiger partial charge is 0.0184 e. The predicted octanol–water partition coefficient (Wildman–Crippen LogP) is 8.33. The van der Waals surface area contributed by atoms with Crippen molar-refractivity contribution >= 4 is 0 Å². The van der Waals surface area contributed by atoms with E-state index in [1.54, 1.807) is 0 Å². The SMILES string of the molecule is CC.Cc1ccc(-c2ccc(-c3ccc(-c4ccc(C)cc4)cc3)cc2)cc1. The maximum Gasteiger partial charge on any atom is -0.0184 e. The first-order valence-corrected chi connectivity index (χ1v) is 10.0. The summed E-state index contributed by atoms with van der Waals surface area (Å²) >= 11 is 0.